The summed E-state index contributed by atoms with van der Waals surface area (Å²) in [7, 11) is 0. The normalized spacial score (nSPS) is 26.3. The van der Waals surface area contributed by atoms with Gasteiger partial charge in [0.05, 0.1) is 11.7 Å². The lowest BCUT2D eigenvalue weighted by Gasteiger charge is -2.27. The molecule has 2 aliphatic heterocycles. The lowest BCUT2D eigenvalue weighted by Crippen LogP contribution is -2.33. The largest absolute Gasteiger partial charge is 0.294 e. The number of amides is 2. The third-order valence-corrected chi connectivity index (χ3v) is 4.18. The fourth-order valence-electron chi connectivity index (χ4n) is 3.13. The maximum Gasteiger partial charge on any atom is 0.259 e. The number of hydrogen-bond acceptors (Lipinski definition) is 4. The van der Waals surface area contributed by atoms with Crippen molar-refractivity contribution >= 4 is 17.5 Å². The van der Waals surface area contributed by atoms with E-state index in [1.165, 1.54) is 12.1 Å². The zero-order valence-electron chi connectivity index (χ0n) is 12.0. The molecule has 0 bridgehead atoms. The molecule has 0 unspecified atom stereocenters. The van der Waals surface area contributed by atoms with Crippen molar-refractivity contribution in [3.8, 4) is 0 Å². The number of hydroxylamine groups is 1. The van der Waals surface area contributed by atoms with E-state index in [9.17, 15) is 14.0 Å². The molecule has 0 radical (unpaired) electrons. The Hall–Kier alpha value is -2.73. The molecule has 116 valence electrons. The average Bonchev–Trinajstić information content (AvgIpc) is 3.08. The number of carbonyl (C=O) groups is 2. The van der Waals surface area contributed by atoms with Crippen molar-refractivity contribution in [1.29, 1.82) is 0 Å². The van der Waals surface area contributed by atoms with E-state index in [4.69, 9.17) is 4.84 Å². The third kappa shape index (κ3) is 2.19. The molecule has 0 saturated carbocycles. The Labute approximate surface area is 131 Å². The van der Waals surface area contributed by atoms with Gasteiger partial charge in [-0.2, -0.15) is 0 Å². The second kappa shape index (κ2) is 5.17. The Morgan fingerprint density at radius 1 is 0.957 bits per heavy atom. The number of halogens is 1. The number of nitrogens with one attached hydrogen (secondary N) is 1. The number of anilines is 1. The van der Waals surface area contributed by atoms with Crippen LogP contribution in [0.25, 0.3) is 0 Å². The molecule has 5 nitrogen and oxygen atoms in total. The molecule has 2 aromatic rings. The van der Waals surface area contributed by atoms with Crippen LogP contribution >= 0.6 is 0 Å². The molecule has 6 heteroatoms. The van der Waals surface area contributed by atoms with Crippen molar-refractivity contribution in [1.82, 2.24) is 5.32 Å². The molecule has 0 aromatic heterocycles. The number of rotatable bonds is 2. The monoisotopic (exact) mass is 312 g/mol. The van der Waals surface area contributed by atoms with Gasteiger partial charge < -0.3 is 0 Å². The molecule has 2 aromatic carbocycles. The van der Waals surface area contributed by atoms with Gasteiger partial charge in [0.25, 0.3) is 5.91 Å². The molecule has 2 aliphatic rings. The van der Waals surface area contributed by atoms with Crippen molar-refractivity contribution in [2.75, 3.05) is 5.06 Å². The van der Waals surface area contributed by atoms with Crippen LogP contribution in [-0.4, -0.2) is 17.9 Å². The number of fused-ring (bicyclic) bond motifs is 1. The minimum Gasteiger partial charge on any atom is -0.294 e. The fraction of sp³-hybridized carbons (Fsp3) is 0.176. The molecule has 4 rings (SSSR count). The smallest absolute Gasteiger partial charge is 0.259 e. The number of para-hydroxylation sites is 1. The quantitative estimate of drug-likeness (QED) is 0.861. The number of carbonyl (C=O) groups excluding carboxylic acids is 2. The first-order valence-corrected chi connectivity index (χ1v) is 7.26. The van der Waals surface area contributed by atoms with Crippen molar-refractivity contribution in [2.45, 2.75) is 12.1 Å². The Morgan fingerprint density at radius 2 is 1.65 bits per heavy atom. The molecule has 23 heavy (non-hydrogen) atoms. The van der Waals surface area contributed by atoms with Crippen LogP contribution in [0.4, 0.5) is 10.1 Å². The van der Waals surface area contributed by atoms with Crippen LogP contribution in [-0.2, 0) is 14.4 Å². The molecule has 2 amide bonds. The molecular formula is C17H13FN2O3. The van der Waals surface area contributed by atoms with Crippen LogP contribution in [0.1, 0.15) is 11.6 Å². The molecule has 3 atom stereocenters. The third-order valence-electron chi connectivity index (χ3n) is 4.18. The van der Waals surface area contributed by atoms with Crippen LogP contribution in [0.5, 0.6) is 0 Å². The van der Waals surface area contributed by atoms with Crippen molar-refractivity contribution in [3.05, 3.63) is 66.0 Å². The molecule has 2 fully saturated rings. The van der Waals surface area contributed by atoms with Gasteiger partial charge in [0.15, 0.2) is 6.10 Å². The van der Waals surface area contributed by atoms with Gasteiger partial charge in [-0.15, -0.1) is 0 Å². The molecule has 0 spiro atoms. The van der Waals surface area contributed by atoms with E-state index in [2.05, 4.69) is 5.32 Å². The van der Waals surface area contributed by atoms with Crippen molar-refractivity contribution in [3.63, 3.8) is 0 Å². The van der Waals surface area contributed by atoms with Gasteiger partial charge in [0.2, 0.25) is 5.91 Å². The number of imide groups is 1. The van der Waals surface area contributed by atoms with E-state index in [0.29, 0.717) is 5.56 Å². The van der Waals surface area contributed by atoms with E-state index in [1.807, 2.05) is 30.3 Å². The van der Waals surface area contributed by atoms with Gasteiger partial charge in [0.1, 0.15) is 11.7 Å². The van der Waals surface area contributed by atoms with E-state index < -0.39 is 24.0 Å². The second-order valence-electron chi connectivity index (χ2n) is 5.56. The summed E-state index contributed by atoms with van der Waals surface area (Å²) in [4.78, 5) is 29.9. The predicted molar refractivity (Wildman–Crippen MR) is 79.6 cm³/mol. The van der Waals surface area contributed by atoms with Crippen LogP contribution in [0.2, 0.25) is 0 Å². The standard InChI is InChI=1S/C17H13FN2O3/c18-11-8-6-10(7-9-11)14-13-15(17(22)19-16(13)21)23-20(14)12-4-2-1-3-5-12/h1-9,13-15H,(H,19,21,22)/t13-,14-,15+/m1/s1. The van der Waals surface area contributed by atoms with E-state index in [1.54, 1.807) is 17.2 Å². The SMILES string of the molecule is O=C1NC(=O)[C@H]2ON(c3ccccc3)[C@H](c3ccc(F)cc3)[C@@H]12. The van der Waals surface area contributed by atoms with Crippen LogP contribution < -0.4 is 10.4 Å². The minimum atomic E-state index is -0.863. The fourth-order valence-corrected chi connectivity index (χ4v) is 3.13. The van der Waals surface area contributed by atoms with Crippen LogP contribution in [0.3, 0.4) is 0 Å². The predicted octanol–water partition coefficient (Wildman–Crippen LogP) is 1.96. The lowest BCUT2D eigenvalue weighted by molar-refractivity contribution is -0.129. The van der Waals surface area contributed by atoms with E-state index >= 15 is 0 Å². The Kier molecular flexibility index (Phi) is 3.12. The summed E-state index contributed by atoms with van der Waals surface area (Å²) in [6, 6.07) is 14.6. The summed E-state index contributed by atoms with van der Waals surface area (Å²) in [5.74, 6) is -1.83. The summed E-state index contributed by atoms with van der Waals surface area (Å²) in [5, 5.41) is 3.87. The highest BCUT2D eigenvalue weighted by Gasteiger charge is 2.56. The Balaban J connectivity index is 1.80. The van der Waals surface area contributed by atoms with Gasteiger partial charge in [-0.1, -0.05) is 30.3 Å². The van der Waals surface area contributed by atoms with E-state index in [0.717, 1.165) is 5.69 Å². The highest BCUT2D eigenvalue weighted by atomic mass is 19.1. The number of nitrogens with zero attached hydrogens (tertiary/aromatic N) is 1. The number of benzene rings is 2. The zero-order chi connectivity index (χ0) is 16.0. The summed E-state index contributed by atoms with van der Waals surface area (Å²) >= 11 is 0. The minimum absolute atomic E-state index is 0.359. The van der Waals surface area contributed by atoms with Gasteiger partial charge in [-0.3, -0.25) is 19.7 Å². The molecule has 2 heterocycles. The number of hydrogen-bond donors (Lipinski definition) is 1. The topological polar surface area (TPSA) is 58.6 Å². The maximum absolute atomic E-state index is 13.2. The molecule has 2 saturated heterocycles. The van der Waals surface area contributed by atoms with Gasteiger partial charge >= 0.3 is 0 Å². The Morgan fingerprint density at radius 3 is 2.35 bits per heavy atom. The van der Waals surface area contributed by atoms with Crippen LogP contribution in [0.15, 0.2) is 54.6 Å². The van der Waals surface area contributed by atoms with Crippen LogP contribution in [0, 0.1) is 11.7 Å². The molecular weight excluding hydrogens is 299 g/mol. The zero-order valence-corrected chi connectivity index (χ0v) is 12.0. The van der Waals surface area contributed by atoms with Gasteiger partial charge in [-0.05, 0) is 29.8 Å². The van der Waals surface area contributed by atoms with E-state index in [-0.39, 0.29) is 11.7 Å². The first-order valence-electron chi connectivity index (χ1n) is 7.26. The molecule has 0 aliphatic carbocycles. The molecule has 1 N–H and O–H groups in total. The lowest BCUT2D eigenvalue weighted by atomic mass is 9.90. The van der Waals surface area contributed by atoms with Gasteiger partial charge in [-0.25, -0.2) is 9.45 Å². The highest BCUT2D eigenvalue weighted by Crippen LogP contribution is 2.44. The van der Waals surface area contributed by atoms with Crippen molar-refractivity contribution < 1.29 is 18.8 Å². The average molecular weight is 312 g/mol. The highest BCUT2D eigenvalue weighted by molar-refractivity contribution is 6.07. The second-order valence-corrected chi connectivity index (χ2v) is 5.56. The summed E-state index contributed by atoms with van der Waals surface area (Å²) in [6.45, 7) is 0. The summed E-state index contributed by atoms with van der Waals surface area (Å²) < 4.78 is 13.2. The first-order chi connectivity index (χ1) is 11.1. The maximum atomic E-state index is 13.2. The first kappa shape index (κ1) is 13.9. The van der Waals surface area contributed by atoms with Gasteiger partial charge in [0, 0.05) is 0 Å². The Bertz CT molecular complexity index is 763. The summed E-state index contributed by atoms with van der Waals surface area (Å²) in [5.41, 5.74) is 1.45. The van der Waals surface area contributed by atoms with Crippen molar-refractivity contribution in [2.24, 2.45) is 5.92 Å². The summed E-state index contributed by atoms with van der Waals surface area (Å²) in [6.07, 6.45) is -0.863.